The standard InChI is InChI=1S/C13H19Cl2NO/c1-8(2)5-10(7-16)13(17)9-3-4-11(14)12(15)6-9/h3-4,6,8,10,13,17H,5,7,16H2,1-2H3. The lowest BCUT2D eigenvalue weighted by Crippen LogP contribution is -2.23. The molecule has 0 fully saturated rings. The fourth-order valence-electron chi connectivity index (χ4n) is 1.93. The van der Waals surface area contributed by atoms with E-state index in [2.05, 4.69) is 13.8 Å². The van der Waals surface area contributed by atoms with Crippen molar-refractivity contribution in [2.45, 2.75) is 26.4 Å². The molecule has 0 aliphatic rings. The third-order valence-electron chi connectivity index (χ3n) is 2.81. The van der Waals surface area contributed by atoms with Gasteiger partial charge in [-0.1, -0.05) is 43.1 Å². The molecule has 0 saturated heterocycles. The quantitative estimate of drug-likeness (QED) is 0.862. The van der Waals surface area contributed by atoms with Crippen LogP contribution in [-0.2, 0) is 0 Å². The predicted molar refractivity (Wildman–Crippen MR) is 73.4 cm³/mol. The van der Waals surface area contributed by atoms with Gasteiger partial charge in [0.2, 0.25) is 0 Å². The molecule has 0 amide bonds. The molecule has 0 aromatic heterocycles. The van der Waals surface area contributed by atoms with Gasteiger partial charge in [-0.05, 0) is 36.6 Å². The van der Waals surface area contributed by atoms with Gasteiger partial charge in [0.05, 0.1) is 16.1 Å². The SMILES string of the molecule is CC(C)CC(CN)C(O)c1ccc(Cl)c(Cl)c1. The Labute approximate surface area is 113 Å². The van der Waals surface area contributed by atoms with E-state index in [0.717, 1.165) is 12.0 Å². The number of halogens is 2. The molecular formula is C13H19Cl2NO. The maximum Gasteiger partial charge on any atom is 0.0830 e. The van der Waals surface area contributed by atoms with E-state index in [0.29, 0.717) is 22.5 Å². The Kier molecular flexibility index (Phi) is 5.74. The number of nitrogens with two attached hydrogens (primary N) is 1. The van der Waals surface area contributed by atoms with E-state index in [1.54, 1.807) is 18.2 Å². The fourth-order valence-corrected chi connectivity index (χ4v) is 2.23. The highest BCUT2D eigenvalue weighted by atomic mass is 35.5. The Bertz CT molecular complexity index is 368. The highest BCUT2D eigenvalue weighted by molar-refractivity contribution is 6.42. The first-order valence-corrected chi connectivity index (χ1v) is 6.54. The Morgan fingerprint density at radius 1 is 1.24 bits per heavy atom. The van der Waals surface area contributed by atoms with E-state index >= 15 is 0 Å². The number of rotatable bonds is 5. The molecule has 0 aliphatic carbocycles. The van der Waals surface area contributed by atoms with Gasteiger partial charge in [0.15, 0.2) is 0 Å². The van der Waals surface area contributed by atoms with Gasteiger partial charge in [-0.3, -0.25) is 0 Å². The van der Waals surface area contributed by atoms with Crippen LogP contribution in [0.25, 0.3) is 0 Å². The van der Waals surface area contributed by atoms with Crippen molar-refractivity contribution >= 4 is 23.2 Å². The summed E-state index contributed by atoms with van der Waals surface area (Å²) in [5, 5.41) is 11.2. The van der Waals surface area contributed by atoms with E-state index in [9.17, 15) is 5.11 Å². The van der Waals surface area contributed by atoms with Crippen molar-refractivity contribution in [3.05, 3.63) is 33.8 Å². The van der Waals surface area contributed by atoms with Crippen LogP contribution in [0.15, 0.2) is 18.2 Å². The smallest absolute Gasteiger partial charge is 0.0830 e. The van der Waals surface area contributed by atoms with Crippen molar-refractivity contribution in [1.29, 1.82) is 0 Å². The zero-order valence-electron chi connectivity index (χ0n) is 10.2. The first kappa shape index (κ1) is 14.8. The Morgan fingerprint density at radius 3 is 2.35 bits per heavy atom. The minimum absolute atomic E-state index is 0.0484. The van der Waals surface area contributed by atoms with Crippen molar-refractivity contribution in [1.82, 2.24) is 0 Å². The summed E-state index contributed by atoms with van der Waals surface area (Å²) in [7, 11) is 0. The Balaban J connectivity index is 2.85. The molecule has 0 aliphatic heterocycles. The zero-order chi connectivity index (χ0) is 13.0. The van der Waals surface area contributed by atoms with Crippen molar-refractivity contribution in [2.24, 2.45) is 17.6 Å². The van der Waals surface area contributed by atoms with Crippen molar-refractivity contribution < 1.29 is 5.11 Å². The summed E-state index contributed by atoms with van der Waals surface area (Å²) in [4.78, 5) is 0. The molecule has 0 saturated carbocycles. The van der Waals surface area contributed by atoms with Crippen molar-refractivity contribution in [3.63, 3.8) is 0 Å². The van der Waals surface area contributed by atoms with Gasteiger partial charge < -0.3 is 10.8 Å². The van der Waals surface area contributed by atoms with Gasteiger partial charge in [0.25, 0.3) is 0 Å². The van der Waals surface area contributed by atoms with E-state index in [-0.39, 0.29) is 5.92 Å². The van der Waals surface area contributed by atoms with Crippen LogP contribution < -0.4 is 5.73 Å². The molecule has 96 valence electrons. The van der Waals surface area contributed by atoms with Gasteiger partial charge >= 0.3 is 0 Å². The van der Waals surface area contributed by atoms with Crippen molar-refractivity contribution in [3.8, 4) is 0 Å². The molecule has 2 unspecified atom stereocenters. The molecule has 1 aromatic carbocycles. The molecule has 0 spiro atoms. The molecule has 1 aromatic rings. The summed E-state index contributed by atoms with van der Waals surface area (Å²) in [6, 6.07) is 5.20. The predicted octanol–water partition coefficient (Wildman–Crippen LogP) is 3.65. The molecule has 2 atom stereocenters. The second-order valence-electron chi connectivity index (χ2n) is 4.74. The van der Waals surface area contributed by atoms with E-state index in [1.165, 1.54) is 0 Å². The lowest BCUT2D eigenvalue weighted by Gasteiger charge is -2.23. The molecule has 3 N–H and O–H groups in total. The lowest BCUT2D eigenvalue weighted by molar-refractivity contribution is 0.0995. The average Bonchev–Trinajstić information content (AvgIpc) is 2.28. The number of aliphatic hydroxyl groups excluding tert-OH is 1. The largest absolute Gasteiger partial charge is 0.388 e. The number of hydrogen-bond acceptors (Lipinski definition) is 2. The zero-order valence-corrected chi connectivity index (χ0v) is 11.7. The third-order valence-corrected chi connectivity index (χ3v) is 3.55. The van der Waals surface area contributed by atoms with Gasteiger partial charge in [0.1, 0.15) is 0 Å². The summed E-state index contributed by atoms with van der Waals surface area (Å²) < 4.78 is 0. The fraction of sp³-hybridized carbons (Fsp3) is 0.538. The van der Waals surface area contributed by atoms with Crippen LogP contribution in [0.2, 0.25) is 10.0 Å². The van der Waals surface area contributed by atoms with Gasteiger partial charge in [0, 0.05) is 5.92 Å². The summed E-state index contributed by atoms with van der Waals surface area (Å²) in [5.74, 6) is 0.549. The van der Waals surface area contributed by atoms with Crippen LogP contribution in [0.1, 0.15) is 31.9 Å². The van der Waals surface area contributed by atoms with Crippen LogP contribution in [0, 0.1) is 11.8 Å². The molecule has 0 radical (unpaired) electrons. The topological polar surface area (TPSA) is 46.2 Å². The molecule has 17 heavy (non-hydrogen) atoms. The maximum absolute atomic E-state index is 10.3. The second-order valence-corrected chi connectivity index (χ2v) is 5.56. The normalized spacial score (nSPS) is 15.0. The van der Waals surface area contributed by atoms with Gasteiger partial charge in [-0.15, -0.1) is 0 Å². The van der Waals surface area contributed by atoms with Crippen LogP contribution in [0.5, 0.6) is 0 Å². The summed E-state index contributed by atoms with van der Waals surface area (Å²) in [6.07, 6.45) is 0.301. The third kappa shape index (κ3) is 4.14. The van der Waals surface area contributed by atoms with Crippen LogP contribution >= 0.6 is 23.2 Å². The van der Waals surface area contributed by atoms with E-state index in [1.807, 2.05) is 0 Å². The summed E-state index contributed by atoms with van der Waals surface area (Å²) in [6.45, 7) is 4.69. The molecule has 2 nitrogen and oxygen atoms in total. The monoisotopic (exact) mass is 275 g/mol. The molecule has 0 bridgehead atoms. The first-order chi connectivity index (χ1) is 7.95. The Hall–Kier alpha value is -0.280. The number of hydrogen-bond donors (Lipinski definition) is 2. The Morgan fingerprint density at radius 2 is 1.88 bits per heavy atom. The van der Waals surface area contributed by atoms with Crippen LogP contribution in [0.3, 0.4) is 0 Å². The van der Waals surface area contributed by atoms with Crippen molar-refractivity contribution in [2.75, 3.05) is 6.54 Å². The molecule has 1 rings (SSSR count). The maximum atomic E-state index is 10.3. The highest BCUT2D eigenvalue weighted by Crippen LogP contribution is 2.31. The number of aliphatic hydroxyl groups is 1. The molecular weight excluding hydrogens is 257 g/mol. The van der Waals surface area contributed by atoms with E-state index in [4.69, 9.17) is 28.9 Å². The average molecular weight is 276 g/mol. The minimum atomic E-state index is -0.586. The number of benzene rings is 1. The van der Waals surface area contributed by atoms with Crippen LogP contribution in [0.4, 0.5) is 0 Å². The summed E-state index contributed by atoms with van der Waals surface area (Å²) in [5.41, 5.74) is 6.48. The molecule has 0 heterocycles. The highest BCUT2D eigenvalue weighted by Gasteiger charge is 2.21. The van der Waals surface area contributed by atoms with Gasteiger partial charge in [-0.25, -0.2) is 0 Å². The second kappa shape index (κ2) is 6.60. The molecule has 4 heteroatoms. The van der Waals surface area contributed by atoms with Crippen LogP contribution in [-0.4, -0.2) is 11.7 Å². The lowest BCUT2D eigenvalue weighted by atomic mass is 9.88. The van der Waals surface area contributed by atoms with E-state index < -0.39 is 6.10 Å². The summed E-state index contributed by atoms with van der Waals surface area (Å²) >= 11 is 11.8. The van der Waals surface area contributed by atoms with Gasteiger partial charge in [-0.2, -0.15) is 0 Å². The first-order valence-electron chi connectivity index (χ1n) is 5.78. The minimum Gasteiger partial charge on any atom is -0.388 e.